The largest absolute Gasteiger partial charge is 0.389 e. The topological polar surface area (TPSA) is 271 Å². The molecule has 1 heterocycles. The highest BCUT2D eigenvalue weighted by Gasteiger charge is 2.33. The average molecular weight is 738 g/mol. The van der Waals surface area contributed by atoms with Crippen molar-refractivity contribution in [2.45, 2.75) is 32.2 Å². The molecule has 0 fully saturated rings. The number of aromatic nitrogens is 2. The molecular formula is C37H31N5O12. The molecule has 1 aromatic heterocycles. The number of ether oxygens (including phenoxy) is 3. The molecule has 5 N–H and O–H groups in total. The van der Waals surface area contributed by atoms with Gasteiger partial charge in [0.1, 0.15) is 0 Å². The van der Waals surface area contributed by atoms with Crippen LogP contribution < -0.4 is 16.8 Å². The number of esters is 6. The third-order valence-corrected chi connectivity index (χ3v) is 7.41. The molecule has 2 atom stereocenters. The number of hydrogen-bond donors (Lipinski definition) is 3. The van der Waals surface area contributed by atoms with E-state index in [9.17, 15) is 43.2 Å². The molecule has 17 nitrogen and oxygen atoms in total. The van der Waals surface area contributed by atoms with Gasteiger partial charge >= 0.3 is 35.8 Å². The molecule has 276 valence electrons. The first-order chi connectivity index (χ1) is 25.7. The second-order valence-electron chi connectivity index (χ2n) is 11.4. The fourth-order valence-electron chi connectivity index (χ4n) is 4.65. The normalized spacial score (nSPS) is 11.6. The number of rotatable bonds is 14. The van der Waals surface area contributed by atoms with Gasteiger partial charge < -0.3 is 31.0 Å². The maximum atomic E-state index is 13.4. The smallest absolute Gasteiger partial charge is 0.345 e. The lowest BCUT2D eigenvalue weighted by Gasteiger charge is -2.16. The minimum absolute atomic E-state index is 0.0147. The molecule has 0 aliphatic carbocycles. The number of nitrogens with zero attached hydrogens (tertiary/aromatic N) is 2. The Labute approximate surface area is 306 Å². The molecule has 54 heavy (non-hydrogen) atoms. The molecule has 0 aliphatic heterocycles. The lowest BCUT2D eigenvalue weighted by molar-refractivity contribution is -0.149. The lowest BCUT2D eigenvalue weighted by Crippen LogP contribution is -2.42. The van der Waals surface area contributed by atoms with Crippen molar-refractivity contribution in [3.05, 3.63) is 119 Å². The summed E-state index contributed by atoms with van der Waals surface area (Å²) in [5.74, 6) is -12.7. The molecule has 17 heteroatoms. The van der Waals surface area contributed by atoms with Crippen molar-refractivity contribution >= 4 is 64.9 Å². The Hall–Kier alpha value is -7.43. The Kier molecular flexibility index (Phi) is 13.2. The summed E-state index contributed by atoms with van der Waals surface area (Å²) >= 11 is 0. The number of anilines is 2. The van der Waals surface area contributed by atoms with Crippen molar-refractivity contribution in [2.24, 2.45) is 5.92 Å². The minimum atomic E-state index is -1.71. The van der Waals surface area contributed by atoms with Gasteiger partial charge in [-0.2, -0.15) is 0 Å². The van der Waals surface area contributed by atoms with Gasteiger partial charge in [0, 0.05) is 6.42 Å². The SMILES string of the molecule is CC(=O)[C@@H](CC(=O)OC(=O)c1ccccc1)NC(=O)c1nc(N)c(C(=O)C[C@H](CC(=O)OC(=O)c2ccccc2)C(=O)OC(=O)c2ccccc2)nc1N. The maximum absolute atomic E-state index is 13.4. The molecule has 0 bridgehead atoms. The van der Waals surface area contributed by atoms with Crippen LogP contribution in [0.1, 0.15) is 78.2 Å². The molecule has 4 aromatic rings. The van der Waals surface area contributed by atoms with Crippen LogP contribution in [-0.4, -0.2) is 69.3 Å². The van der Waals surface area contributed by atoms with Crippen LogP contribution in [0.2, 0.25) is 0 Å². The van der Waals surface area contributed by atoms with Gasteiger partial charge in [0.25, 0.3) is 5.91 Å². The molecule has 0 saturated carbocycles. The number of nitrogen functional groups attached to an aromatic ring is 2. The van der Waals surface area contributed by atoms with E-state index in [2.05, 4.69) is 15.3 Å². The van der Waals surface area contributed by atoms with Gasteiger partial charge in [-0.15, -0.1) is 0 Å². The summed E-state index contributed by atoms with van der Waals surface area (Å²) in [5, 5.41) is 2.23. The Bertz CT molecular complexity index is 2110. The standard InChI is InChI=1S/C37H31N5O12/c1-20(43)25(19-28(46)53-35(49)22-13-7-3-8-14-22)40-33(47)30-32(39)41-29(31(38)42-30)26(44)17-24(37(51)54-36(50)23-15-9-4-10-16-23)18-27(45)52-34(48)21-11-5-2-6-12-21/h2-16,24-25H,17-19H2,1H3,(H2,38,42)(H2,39,41)(H,40,47)/t24-,25-/m1/s1. The molecular weight excluding hydrogens is 706 g/mol. The van der Waals surface area contributed by atoms with Crippen LogP contribution in [-0.2, 0) is 33.4 Å². The quantitative estimate of drug-likeness (QED) is 0.0725. The number of nitrogens with two attached hydrogens (primary N) is 2. The first-order valence-electron chi connectivity index (χ1n) is 15.9. The number of amides is 1. The first-order valence-corrected chi connectivity index (χ1v) is 15.9. The van der Waals surface area contributed by atoms with Gasteiger partial charge in [-0.25, -0.2) is 24.4 Å². The Balaban J connectivity index is 1.48. The van der Waals surface area contributed by atoms with Gasteiger partial charge in [-0.1, -0.05) is 54.6 Å². The number of carbonyl (C=O) groups excluding carboxylic acids is 9. The maximum Gasteiger partial charge on any atom is 0.345 e. The van der Waals surface area contributed by atoms with Crippen LogP contribution in [0.15, 0.2) is 91.0 Å². The van der Waals surface area contributed by atoms with Crippen molar-refractivity contribution < 1.29 is 57.4 Å². The van der Waals surface area contributed by atoms with Crippen LogP contribution >= 0.6 is 0 Å². The second kappa shape index (κ2) is 18.2. The number of benzene rings is 3. The van der Waals surface area contributed by atoms with Crippen LogP contribution in [0, 0.1) is 5.92 Å². The van der Waals surface area contributed by atoms with E-state index in [4.69, 9.17) is 25.7 Å². The molecule has 0 saturated heterocycles. The van der Waals surface area contributed by atoms with E-state index in [0.29, 0.717) is 0 Å². The van der Waals surface area contributed by atoms with E-state index in [1.807, 2.05) is 0 Å². The van der Waals surface area contributed by atoms with Gasteiger partial charge in [0.05, 0.1) is 41.5 Å². The molecule has 1 amide bonds. The zero-order valence-electron chi connectivity index (χ0n) is 28.4. The fourth-order valence-corrected chi connectivity index (χ4v) is 4.65. The zero-order chi connectivity index (χ0) is 39.4. The predicted octanol–water partition coefficient (Wildman–Crippen LogP) is 2.45. The minimum Gasteiger partial charge on any atom is -0.389 e. The van der Waals surface area contributed by atoms with Crippen LogP contribution in [0.25, 0.3) is 0 Å². The van der Waals surface area contributed by atoms with Crippen molar-refractivity contribution in [3.8, 4) is 0 Å². The van der Waals surface area contributed by atoms with E-state index in [0.717, 1.165) is 6.92 Å². The van der Waals surface area contributed by atoms with E-state index in [1.165, 1.54) is 60.7 Å². The monoisotopic (exact) mass is 737 g/mol. The summed E-state index contributed by atoms with van der Waals surface area (Å²) in [4.78, 5) is 122. The van der Waals surface area contributed by atoms with Gasteiger partial charge in [-0.3, -0.25) is 28.8 Å². The number of ketones is 2. The number of nitrogens with one attached hydrogen (secondary N) is 1. The highest BCUT2D eigenvalue weighted by Crippen LogP contribution is 2.21. The predicted molar refractivity (Wildman–Crippen MR) is 185 cm³/mol. The molecule has 0 radical (unpaired) electrons. The summed E-state index contributed by atoms with van der Waals surface area (Å²) < 4.78 is 14.5. The van der Waals surface area contributed by atoms with Crippen molar-refractivity contribution in [3.63, 3.8) is 0 Å². The zero-order valence-corrected chi connectivity index (χ0v) is 28.4. The summed E-state index contributed by atoms with van der Waals surface area (Å²) in [6.45, 7) is 1.06. The van der Waals surface area contributed by atoms with Crippen molar-refractivity contribution in [1.82, 2.24) is 15.3 Å². The Morgan fingerprint density at radius 3 is 1.44 bits per heavy atom. The van der Waals surface area contributed by atoms with E-state index in [1.54, 1.807) is 30.3 Å². The summed E-state index contributed by atoms with van der Waals surface area (Å²) in [5.41, 5.74) is 10.6. The third kappa shape index (κ3) is 10.8. The number of hydrogen-bond acceptors (Lipinski definition) is 16. The first kappa shape index (κ1) is 39.4. The fraction of sp³-hybridized carbons (Fsp3) is 0.162. The van der Waals surface area contributed by atoms with Crippen LogP contribution in [0.5, 0.6) is 0 Å². The van der Waals surface area contributed by atoms with E-state index in [-0.39, 0.29) is 16.7 Å². The highest BCUT2D eigenvalue weighted by atomic mass is 16.6. The molecule has 0 spiro atoms. The second-order valence-corrected chi connectivity index (χ2v) is 11.4. The van der Waals surface area contributed by atoms with Crippen LogP contribution in [0.4, 0.5) is 11.6 Å². The average Bonchev–Trinajstić information content (AvgIpc) is 3.15. The molecule has 0 unspecified atom stereocenters. The highest BCUT2D eigenvalue weighted by molar-refractivity contribution is 6.06. The third-order valence-electron chi connectivity index (χ3n) is 7.41. The van der Waals surface area contributed by atoms with E-state index >= 15 is 0 Å². The molecule has 0 aliphatic rings. The van der Waals surface area contributed by atoms with Crippen molar-refractivity contribution in [1.29, 1.82) is 0 Å². The van der Waals surface area contributed by atoms with Crippen molar-refractivity contribution in [2.75, 3.05) is 11.5 Å². The van der Waals surface area contributed by atoms with Gasteiger partial charge in [0.2, 0.25) is 0 Å². The van der Waals surface area contributed by atoms with Gasteiger partial charge in [-0.05, 0) is 43.3 Å². The van der Waals surface area contributed by atoms with Crippen LogP contribution in [0.3, 0.4) is 0 Å². The Morgan fingerprint density at radius 1 is 0.574 bits per heavy atom. The van der Waals surface area contributed by atoms with Gasteiger partial charge in [0.15, 0.2) is 34.6 Å². The van der Waals surface area contributed by atoms with E-state index < -0.39 is 108 Å². The number of Topliss-reactive ketones (excluding diaryl/α,β-unsaturated/α-hetero) is 2. The molecule has 4 rings (SSSR count). The summed E-state index contributed by atoms with van der Waals surface area (Å²) in [7, 11) is 0. The Morgan fingerprint density at radius 2 is 0.981 bits per heavy atom. The summed E-state index contributed by atoms with van der Waals surface area (Å²) in [6, 6.07) is 20.8. The number of carbonyl (C=O) groups is 9. The summed E-state index contributed by atoms with van der Waals surface area (Å²) in [6.07, 6.45) is -2.53. The molecule has 3 aromatic carbocycles. The lowest BCUT2D eigenvalue weighted by atomic mass is 9.97.